The van der Waals surface area contributed by atoms with Crippen LogP contribution >= 0.6 is 11.3 Å². The summed E-state index contributed by atoms with van der Waals surface area (Å²) in [5.41, 5.74) is 6.28. The summed E-state index contributed by atoms with van der Waals surface area (Å²) in [6.45, 7) is 3.33. The minimum Gasteiger partial charge on any atom is -0.388 e. The molecule has 2 amide bonds. The van der Waals surface area contributed by atoms with Crippen molar-refractivity contribution in [3.8, 4) is 0 Å². The van der Waals surface area contributed by atoms with Crippen LogP contribution in [0.4, 0.5) is 0 Å². The molecule has 3 rings (SSSR count). The monoisotopic (exact) mass is 443 g/mol. The Morgan fingerprint density at radius 3 is 2.74 bits per heavy atom. The Hall–Kier alpha value is -3.14. The molecule has 1 aliphatic heterocycles. The first-order valence-corrected chi connectivity index (χ1v) is 10.8. The summed E-state index contributed by atoms with van der Waals surface area (Å²) >= 11 is 1.26. The van der Waals surface area contributed by atoms with Crippen LogP contribution in [-0.4, -0.2) is 64.3 Å². The largest absolute Gasteiger partial charge is 0.388 e. The van der Waals surface area contributed by atoms with Gasteiger partial charge in [-0.2, -0.15) is 0 Å². The predicted octanol–water partition coefficient (Wildman–Crippen LogP) is 1.31. The Morgan fingerprint density at radius 1 is 1.32 bits per heavy atom. The third kappa shape index (κ3) is 5.52. The Balaban J connectivity index is 1.79. The Kier molecular flexibility index (Phi) is 7.11. The molecule has 0 unspecified atom stereocenters. The molecule has 10 heteroatoms. The lowest BCUT2D eigenvalue weighted by Crippen LogP contribution is -2.50. The van der Waals surface area contributed by atoms with Crippen LogP contribution in [-0.2, 0) is 14.4 Å². The number of fused-ring (bicyclic) bond motifs is 1. The van der Waals surface area contributed by atoms with E-state index in [1.54, 1.807) is 6.92 Å². The van der Waals surface area contributed by atoms with Gasteiger partial charge < -0.3 is 16.0 Å². The number of aliphatic imine (C=N–C) groups is 1. The minimum absolute atomic E-state index is 0.0515. The number of hydrogen-bond donors (Lipinski definition) is 2. The molecule has 0 aliphatic carbocycles. The molecule has 9 nitrogen and oxygen atoms in total. The van der Waals surface area contributed by atoms with Crippen molar-refractivity contribution in [2.45, 2.75) is 45.2 Å². The molecule has 2 heterocycles. The topological polar surface area (TPSA) is 135 Å². The number of likely N-dealkylation sites (tertiary alicyclic amines) is 1. The van der Waals surface area contributed by atoms with Crippen molar-refractivity contribution in [1.82, 2.24) is 15.2 Å². The van der Waals surface area contributed by atoms with Crippen molar-refractivity contribution in [2.75, 3.05) is 13.1 Å². The molecule has 1 aromatic carbocycles. The van der Waals surface area contributed by atoms with E-state index in [0.717, 1.165) is 4.70 Å². The third-order valence-electron chi connectivity index (χ3n) is 5.00. The maximum absolute atomic E-state index is 13.2. The van der Waals surface area contributed by atoms with Crippen LogP contribution in [0, 0.1) is 0 Å². The average Bonchev–Trinajstić information content (AvgIpc) is 3.33. The highest BCUT2D eigenvalue weighted by atomic mass is 32.1. The van der Waals surface area contributed by atoms with E-state index in [2.05, 4.69) is 15.3 Å². The van der Waals surface area contributed by atoms with Crippen molar-refractivity contribution >= 4 is 50.8 Å². The van der Waals surface area contributed by atoms with Crippen molar-refractivity contribution in [3.05, 3.63) is 29.3 Å². The quantitative estimate of drug-likeness (QED) is 0.273. The zero-order chi connectivity index (χ0) is 22.5. The number of ketones is 2. The number of amidine groups is 1. The summed E-state index contributed by atoms with van der Waals surface area (Å²) in [6, 6.07) is 5.67. The van der Waals surface area contributed by atoms with Crippen LogP contribution in [0.3, 0.4) is 0 Å². The van der Waals surface area contributed by atoms with E-state index in [1.807, 2.05) is 24.3 Å². The van der Waals surface area contributed by atoms with Crippen molar-refractivity contribution in [2.24, 2.45) is 10.7 Å². The van der Waals surface area contributed by atoms with Gasteiger partial charge in [-0.15, -0.1) is 11.3 Å². The highest BCUT2D eigenvalue weighted by Gasteiger charge is 2.38. The number of rotatable bonds is 8. The van der Waals surface area contributed by atoms with Crippen molar-refractivity contribution < 1.29 is 19.2 Å². The zero-order valence-electron chi connectivity index (χ0n) is 17.5. The Morgan fingerprint density at radius 2 is 2.06 bits per heavy atom. The molecule has 0 spiro atoms. The van der Waals surface area contributed by atoms with Crippen LogP contribution in [0.1, 0.15) is 42.9 Å². The number of amides is 2. The third-order valence-corrected chi connectivity index (χ3v) is 6.05. The second-order valence-corrected chi connectivity index (χ2v) is 8.51. The molecule has 0 radical (unpaired) electrons. The lowest BCUT2D eigenvalue weighted by atomic mass is 10.1. The van der Waals surface area contributed by atoms with Crippen molar-refractivity contribution in [1.29, 1.82) is 0 Å². The molecule has 1 saturated heterocycles. The van der Waals surface area contributed by atoms with Gasteiger partial charge in [-0.05, 0) is 31.9 Å². The maximum atomic E-state index is 13.2. The highest BCUT2D eigenvalue weighted by molar-refractivity contribution is 7.20. The van der Waals surface area contributed by atoms with E-state index >= 15 is 0 Å². The van der Waals surface area contributed by atoms with E-state index in [0.29, 0.717) is 35.7 Å². The van der Waals surface area contributed by atoms with E-state index in [1.165, 1.54) is 23.2 Å². The van der Waals surface area contributed by atoms with Gasteiger partial charge in [-0.1, -0.05) is 12.1 Å². The summed E-state index contributed by atoms with van der Waals surface area (Å²) in [7, 11) is 0. The Bertz CT molecular complexity index is 1010. The molecular formula is C21H25N5O4S. The van der Waals surface area contributed by atoms with Gasteiger partial charge in [0, 0.05) is 19.9 Å². The molecule has 3 N–H and O–H groups in total. The number of hydrogen-bond acceptors (Lipinski definition) is 7. The van der Waals surface area contributed by atoms with Crippen LogP contribution in [0.5, 0.6) is 0 Å². The number of thiazole rings is 1. The van der Waals surface area contributed by atoms with Crippen LogP contribution in [0.15, 0.2) is 29.3 Å². The summed E-state index contributed by atoms with van der Waals surface area (Å²) in [4.78, 5) is 59.5. The van der Waals surface area contributed by atoms with E-state index in [9.17, 15) is 19.2 Å². The smallest absolute Gasteiger partial charge is 0.243 e. The van der Waals surface area contributed by atoms with E-state index in [-0.39, 0.29) is 30.4 Å². The zero-order valence-corrected chi connectivity index (χ0v) is 18.3. The molecule has 1 aromatic heterocycles. The minimum atomic E-state index is -0.903. The SMILES string of the molecule is CC(=O)N1CC(=O)C[C@H]1C(=O)N[C@@H](CCCN=C(C)N)C(=O)c1nc2ccccc2s1. The first-order valence-electron chi connectivity index (χ1n) is 10.0. The normalized spacial score (nSPS) is 17.7. The van der Waals surface area contributed by atoms with E-state index < -0.39 is 18.0 Å². The number of nitrogens with one attached hydrogen (secondary N) is 1. The first kappa shape index (κ1) is 22.5. The van der Waals surface area contributed by atoms with Gasteiger partial charge in [0.25, 0.3) is 0 Å². The predicted molar refractivity (Wildman–Crippen MR) is 118 cm³/mol. The lowest BCUT2D eigenvalue weighted by Gasteiger charge is -2.24. The molecule has 0 bridgehead atoms. The van der Waals surface area contributed by atoms with Gasteiger partial charge >= 0.3 is 0 Å². The lowest BCUT2D eigenvalue weighted by molar-refractivity contribution is -0.137. The molecule has 1 fully saturated rings. The molecule has 1 aliphatic rings. The number of carbonyl (C=O) groups is 4. The fourth-order valence-corrected chi connectivity index (χ4v) is 4.43. The second-order valence-electron chi connectivity index (χ2n) is 7.48. The second kappa shape index (κ2) is 9.78. The maximum Gasteiger partial charge on any atom is 0.243 e. The van der Waals surface area contributed by atoms with Gasteiger partial charge in [0.2, 0.25) is 17.6 Å². The highest BCUT2D eigenvalue weighted by Crippen LogP contribution is 2.24. The summed E-state index contributed by atoms with van der Waals surface area (Å²) < 4.78 is 0.878. The number of carbonyl (C=O) groups excluding carboxylic acids is 4. The van der Waals surface area contributed by atoms with Crippen LogP contribution in [0.25, 0.3) is 10.2 Å². The van der Waals surface area contributed by atoms with Gasteiger partial charge in [0.1, 0.15) is 6.04 Å². The molecule has 0 saturated carbocycles. The number of nitrogens with two attached hydrogens (primary N) is 1. The fourth-order valence-electron chi connectivity index (χ4n) is 3.47. The summed E-state index contributed by atoms with van der Waals surface area (Å²) in [6.07, 6.45) is 0.804. The molecule has 31 heavy (non-hydrogen) atoms. The number of aromatic nitrogens is 1. The summed E-state index contributed by atoms with van der Waals surface area (Å²) in [5.74, 6) is -0.912. The number of para-hydroxylation sites is 1. The number of Topliss-reactive ketones (excluding diaryl/α,β-unsaturated/α-hetero) is 2. The van der Waals surface area contributed by atoms with E-state index in [4.69, 9.17) is 5.73 Å². The van der Waals surface area contributed by atoms with Gasteiger partial charge in [0.15, 0.2) is 10.8 Å². The molecule has 2 atom stereocenters. The molecule has 2 aromatic rings. The van der Waals surface area contributed by atoms with Crippen molar-refractivity contribution in [3.63, 3.8) is 0 Å². The first-order chi connectivity index (χ1) is 14.8. The fraction of sp³-hybridized carbons (Fsp3) is 0.429. The number of nitrogens with zero attached hydrogens (tertiary/aromatic N) is 3. The van der Waals surface area contributed by atoms with Crippen LogP contribution < -0.4 is 11.1 Å². The molecule has 164 valence electrons. The number of benzene rings is 1. The van der Waals surface area contributed by atoms with Gasteiger partial charge in [0.05, 0.1) is 28.6 Å². The average molecular weight is 444 g/mol. The van der Waals surface area contributed by atoms with Gasteiger partial charge in [-0.3, -0.25) is 24.2 Å². The Labute approximate surface area is 183 Å². The standard InChI is InChI=1S/C21H25N5O4S/c1-12(22)23-9-5-7-16(19(29)21-25-15-6-3-4-8-18(15)31-21)24-20(30)17-10-14(28)11-26(17)13(2)27/h3-4,6,8,16-17H,5,7,9-11H2,1-2H3,(H2,22,23)(H,24,30)/t16-,17-/m0/s1. The van der Waals surface area contributed by atoms with Gasteiger partial charge in [-0.25, -0.2) is 4.98 Å². The van der Waals surface area contributed by atoms with Crippen LogP contribution in [0.2, 0.25) is 0 Å². The summed E-state index contributed by atoms with van der Waals surface area (Å²) in [5, 5.41) is 3.05. The molecular weight excluding hydrogens is 418 g/mol.